The summed E-state index contributed by atoms with van der Waals surface area (Å²) in [6, 6.07) is 8.89. The molecule has 0 aromatic heterocycles. The summed E-state index contributed by atoms with van der Waals surface area (Å²) in [6.45, 7) is 10.3. The van der Waals surface area contributed by atoms with Crippen LogP contribution in [0.2, 0.25) is 0 Å². The molecule has 2 fully saturated rings. The predicted octanol–water partition coefficient (Wildman–Crippen LogP) is 4.65. The summed E-state index contributed by atoms with van der Waals surface area (Å²) in [5.74, 6) is 0.673. The SMILES string of the molecule is CCOC(=O)N1CCN(c2ccccc2C2CCC(C)(C)CC2)CC1. The fourth-order valence-electron chi connectivity index (χ4n) is 4.18. The second-order valence-corrected chi connectivity index (χ2v) is 8.17. The highest BCUT2D eigenvalue weighted by Gasteiger charge is 2.30. The Morgan fingerprint density at radius 3 is 2.40 bits per heavy atom. The molecule has 1 aliphatic carbocycles. The van der Waals surface area contributed by atoms with Crippen LogP contribution in [0.1, 0.15) is 57.9 Å². The first-order valence-electron chi connectivity index (χ1n) is 9.76. The molecule has 1 saturated heterocycles. The summed E-state index contributed by atoms with van der Waals surface area (Å²) in [7, 11) is 0. The summed E-state index contributed by atoms with van der Waals surface area (Å²) in [5.41, 5.74) is 3.37. The molecule has 3 rings (SSSR count). The molecule has 0 bridgehead atoms. The van der Waals surface area contributed by atoms with Crippen molar-refractivity contribution >= 4 is 11.8 Å². The number of anilines is 1. The average molecular weight is 344 g/mol. The zero-order valence-electron chi connectivity index (χ0n) is 16.0. The van der Waals surface area contributed by atoms with Gasteiger partial charge < -0.3 is 14.5 Å². The molecule has 1 saturated carbocycles. The average Bonchev–Trinajstić information content (AvgIpc) is 2.62. The summed E-state index contributed by atoms with van der Waals surface area (Å²) in [6.07, 6.45) is 5.01. The Kier molecular flexibility index (Phi) is 5.55. The van der Waals surface area contributed by atoms with Crippen LogP contribution in [-0.2, 0) is 4.74 Å². The minimum absolute atomic E-state index is 0.176. The van der Waals surface area contributed by atoms with Crippen LogP contribution in [-0.4, -0.2) is 43.8 Å². The number of rotatable bonds is 3. The Morgan fingerprint density at radius 1 is 1.12 bits per heavy atom. The van der Waals surface area contributed by atoms with Crippen LogP contribution in [0.15, 0.2) is 24.3 Å². The van der Waals surface area contributed by atoms with Gasteiger partial charge in [-0.3, -0.25) is 0 Å². The van der Waals surface area contributed by atoms with Gasteiger partial charge in [0.05, 0.1) is 6.61 Å². The quantitative estimate of drug-likeness (QED) is 0.800. The Bertz CT molecular complexity index is 581. The third kappa shape index (κ3) is 4.28. The number of carbonyl (C=O) groups excluding carboxylic acids is 1. The fraction of sp³-hybridized carbons (Fsp3) is 0.667. The van der Waals surface area contributed by atoms with Gasteiger partial charge in [0.1, 0.15) is 0 Å². The first-order valence-corrected chi connectivity index (χ1v) is 9.76. The van der Waals surface area contributed by atoms with E-state index in [4.69, 9.17) is 4.74 Å². The molecule has 4 heteroatoms. The second-order valence-electron chi connectivity index (χ2n) is 8.17. The smallest absolute Gasteiger partial charge is 0.409 e. The highest BCUT2D eigenvalue weighted by molar-refractivity contribution is 5.68. The van der Waals surface area contributed by atoms with Crippen LogP contribution < -0.4 is 4.90 Å². The lowest BCUT2D eigenvalue weighted by Gasteiger charge is -2.39. The Balaban J connectivity index is 1.67. The molecule has 25 heavy (non-hydrogen) atoms. The lowest BCUT2D eigenvalue weighted by molar-refractivity contribution is 0.105. The standard InChI is InChI=1S/C21H32N2O2/c1-4-25-20(24)23-15-13-22(14-16-23)19-8-6-5-7-18(19)17-9-11-21(2,3)12-10-17/h5-8,17H,4,9-16H2,1-3H3. The number of hydrogen-bond acceptors (Lipinski definition) is 3. The summed E-state index contributed by atoms with van der Waals surface area (Å²) < 4.78 is 5.13. The number of para-hydroxylation sites is 1. The van der Waals surface area contributed by atoms with Gasteiger partial charge >= 0.3 is 6.09 Å². The summed E-state index contributed by atoms with van der Waals surface area (Å²) in [5, 5.41) is 0. The van der Waals surface area contributed by atoms with Gasteiger partial charge in [-0.05, 0) is 55.6 Å². The monoisotopic (exact) mass is 344 g/mol. The number of carbonyl (C=O) groups is 1. The van der Waals surface area contributed by atoms with Gasteiger partial charge in [0.2, 0.25) is 0 Å². The second kappa shape index (κ2) is 7.67. The van der Waals surface area contributed by atoms with Gasteiger partial charge in [0.15, 0.2) is 0 Å². The van der Waals surface area contributed by atoms with E-state index in [1.807, 2.05) is 11.8 Å². The van der Waals surface area contributed by atoms with Crippen molar-refractivity contribution < 1.29 is 9.53 Å². The minimum Gasteiger partial charge on any atom is -0.450 e. The van der Waals surface area contributed by atoms with E-state index in [1.54, 1.807) is 0 Å². The third-order valence-corrected chi connectivity index (χ3v) is 5.86. The van der Waals surface area contributed by atoms with Crippen molar-refractivity contribution in [1.29, 1.82) is 0 Å². The van der Waals surface area contributed by atoms with E-state index in [1.165, 1.54) is 36.9 Å². The molecular formula is C21H32N2O2. The van der Waals surface area contributed by atoms with Gasteiger partial charge in [-0.1, -0.05) is 32.0 Å². The Hall–Kier alpha value is -1.71. The van der Waals surface area contributed by atoms with Crippen LogP contribution in [0.4, 0.5) is 10.5 Å². The van der Waals surface area contributed by atoms with E-state index in [2.05, 4.69) is 43.0 Å². The topological polar surface area (TPSA) is 32.8 Å². The molecule has 1 aliphatic heterocycles. The van der Waals surface area contributed by atoms with E-state index in [-0.39, 0.29) is 6.09 Å². The lowest BCUT2D eigenvalue weighted by atomic mass is 9.71. The van der Waals surface area contributed by atoms with E-state index in [0.29, 0.717) is 17.9 Å². The molecular weight excluding hydrogens is 312 g/mol. The van der Waals surface area contributed by atoms with Gasteiger partial charge in [-0.25, -0.2) is 4.79 Å². The first-order chi connectivity index (χ1) is 12.0. The molecule has 1 heterocycles. The summed E-state index contributed by atoms with van der Waals surface area (Å²) >= 11 is 0. The zero-order valence-corrected chi connectivity index (χ0v) is 16.0. The van der Waals surface area contributed by atoms with Gasteiger partial charge in [0, 0.05) is 31.9 Å². The molecule has 0 N–H and O–H groups in total. The van der Waals surface area contributed by atoms with E-state index in [9.17, 15) is 4.79 Å². The molecule has 0 spiro atoms. The first kappa shape index (κ1) is 18.1. The number of hydrogen-bond donors (Lipinski definition) is 0. The van der Waals surface area contributed by atoms with Crippen molar-refractivity contribution in [3.8, 4) is 0 Å². The number of nitrogens with zero attached hydrogens (tertiary/aromatic N) is 2. The molecule has 0 radical (unpaired) electrons. The van der Waals surface area contributed by atoms with Crippen molar-refractivity contribution in [3.05, 3.63) is 29.8 Å². The molecule has 0 atom stereocenters. The molecule has 4 nitrogen and oxygen atoms in total. The fourth-order valence-corrected chi connectivity index (χ4v) is 4.18. The largest absolute Gasteiger partial charge is 0.450 e. The van der Waals surface area contributed by atoms with E-state index >= 15 is 0 Å². The Labute approximate surface area is 152 Å². The van der Waals surface area contributed by atoms with Crippen molar-refractivity contribution in [2.75, 3.05) is 37.7 Å². The normalized spacial score (nSPS) is 21.2. The van der Waals surface area contributed by atoms with Crippen LogP contribution >= 0.6 is 0 Å². The van der Waals surface area contributed by atoms with Gasteiger partial charge in [0.25, 0.3) is 0 Å². The lowest BCUT2D eigenvalue weighted by Crippen LogP contribution is -2.49. The molecule has 0 unspecified atom stereocenters. The molecule has 138 valence electrons. The molecule has 2 aliphatic rings. The van der Waals surface area contributed by atoms with Crippen molar-refractivity contribution in [1.82, 2.24) is 4.90 Å². The van der Waals surface area contributed by atoms with Crippen LogP contribution in [0, 0.1) is 5.41 Å². The minimum atomic E-state index is -0.176. The Morgan fingerprint density at radius 2 is 1.76 bits per heavy atom. The summed E-state index contributed by atoms with van der Waals surface area (Å²) in [4.78, 5) is 16.2. The zero-order chi connectivity index (χ0) is 17.9. The van der Waals surface area contributed by atoms with Crippen LogP contribution in [0.25, 0.3) is 0 Å². The maximum absolute atomic E-state index is 11.9. The van der Waals surface area contributed by atoms with Crippen molar-refractivity contribution in [2.24, 2.45) is 5.41 Å². The van der Waals surface area contributed by atoms with Crippen LogP contribution in [0.5, 0.6) is 0 Å². The molecule has 1 aromatic rings. The van der Waals surface area contributed by atoms with Gasteiger partial charge in [-0.15, -0.1) is 0 Å². The van der Waals surface area contributed by atoms with Crippen molar-refractivity contribution in [3.63, 3.8) is 0 Å². The maximum Gasteiger partial charge on any atom is 0.409 e. The highest BCUT2D eigenvalue weighted by Crippen LogP contribution is 2.44. The number of benzene rings is 1. The highest BCUT2D eigenvalue weighted by atomic mass is 16.6. The molecule has 1 aromatic carbocycles. The maximum atomic E-state index is 11.9. The molecule has 1 amide bonds. The number of piperazine rings is 1. The van der Waals surface area contributed by atoms with Crippen LogP contribution in [0.3, 0.4) is 0 Å². The van der Waals surface area contributed by atoms with E-state index < -0.39 is 0 Å². The predicted molar refractivity (Wildman–Crippen MR) is 102 cm³/mol. The van der Waals surface area contributed by atoms with Crippen molar-refractivity contribution in [2.45, 2.75) is 52.4 Å². The number of amides is 1. The number of ether oxygens (including phenoxy) is 1. The van der Waals surface area contributed by atoms with E-state index in [0.717, 1.165) is 26.2 Å². The van der Waals surface area contributed by atoms with Gasteiger partial charge in [-0.2, -0.15) is 0 Å². The third-order valence-electron chi connectivity index (χ3n) is 5.86.